The van der Waals surface area contributed by atoms with Gasteiger partial charge in [0.2, 0.25) is 11.8 Å². The van der Waals surface area contributed by atoms with Crippen LogP contribution in [0.25, 0.3) is 0 Å². The molecule has 1 unspecified atom stereocenters. The number of aliphatic hydroxyl groups excluding tert-OH is 1. The Labute approximate surface area is 207 Å². The van der Waals surface area contributed by atoms with Gasteiger partial charge < -0.3 is 24.7 Å². The van der Waals surface area contributed by atoms with Crippen molar-refractivity contribution in [3.05, 3.63) is 48.6 Å². The highest BCUT2D eigenvalue weighted by molar-refractivity contribution is 9.09. The molecule has 3 saturated heterocycles. The normalized spacial score (nSPS) is 31.5. The maximum absolute atomic E-state index is 14.1. The Bertz CT molecular complexity index is 943. The molecule has 3 fully saturated rings. The van der Waals surface area contributed by atoms with Crippen LogP contribution in [0.2, 0.25) is 0 Å². The molecule has 3 aliphatic rings. The number of rotatable bonds is 11. The van der Waals surface area contributed by atoms with Gasteiger partial charge in [-0.1, -0.05) is 52.3 Å². The molecule has 1 spiro atoms. The van der Waals surface area contributed by atoms with E-state index in [1.54, 1.807) is 15.9 Å². The van der Waals surface area contributed by atoms with Crippen molar-refractivity contribution >= 4 is 33.7 Å². The van der Waals surface area contributed by atoms with Gasteiger partial charge in [0.25, 0.3) is 0 Å². The maximum Gasteiger partial charge on any atom is 0.310 e. The summed E-state index contributed by atoms with van der Waals surface area (Å²) in [6, 6.07) is 8.68. The molecule has 184 valence electrons. The van der Waals surface area contributed by atoms with Crippen LogP contribution in [-0.4, -0.2) is 80.1 Å². The molecule has 0 saturated carbocycles. The fraction of sp³-hybridized carbons (Fsp3) is 0.560. The van der Waals surface area contributed by atoms with E-state index in [4.69, 9.17) is 9.84 Å². The Hall–Kier alpha value is -2.23. The predicted molar refractivity (Wildman–Crippen MR) is 128 cm³/mol. The minimum absolute atomic E-state index is 0.0597. The van der Waals surface area contributed by atoms with E-state index in [1.165, 1.54) is 0 Å². The predicted octanol–water partition coefficient (Wildman–Crippen LogP) is 2.20. The standard InChI is InChI=1S/C25H31BrN2O6/c1-2-11-27(15-16-9-5-3-6-10-16)23(31)21-25-14-17(26)20(34-25)18(24(32)33)19(25)22(30)28(21)12-7-4-8-13-29/h2-3,5-6,9-10,17-21,29H,1,4,7-8,11-15H2,(H,32,33)/t17?,18-,19+,20-,21-,25+/m0/s1. The minimum Gasteiger partial charge on any atom is -0.481 e. The summed E-state index contributed by atoms with van der Waals surface area (Å²) in [4.78, 5) is 42.9. The van der Waals surface area contributed by atoms with E-state index in [0.29, 0.717) is 45.3 Å². The number of fused-ring (bicyclic) bond motifs is 1. The van der Waals surface area contributed by atoms with Crippen molar-refractivity contribution in [1.29, 1.82) is 0 Å². The lowest BCUT2D eigenvalue weighted by molar-refractivity contribution is -0.151. The third-order valence-electron chi connectivity index (χ3n) is 7.24. The molecule has 3 aliphatic heterocycles. The smallest absolute Gasteiger partial charge is 0.310 e. The van der Waals surface area contributed by atoms with Gasteiger partial charge in [-0.15, -0.1) is 6.58 Å². The number of ether oxygens (including phenoxy) is 1. The van der Waals surface area contributed by atoms with Crippen LogP contribution in [-0.2, 0) is 25.7 Å². The van der Waals surface area contributed by atoms with Crippen molar-refractivity contribution in [2.24, 2.45) is 11.8 Å². The highest BCUT2D eigenvalue weighted by Gasteiger charge is 2.76. The summed E-state index contributed by atoms with van der Waals surface area (Å²) >= 11 is 3.56. The van der Waals surface area contributed by atoms with Crippen LogP contribution in [0.1, 0.15) is 31.2 Å². The minimum atomic E-state index is -1.18. The number of carboxylic acids is 1. The number of aliphatic hydroxyl groups is 1. The number of aliphatic carboxylic acids is 1. The Kier molecular flexibility index (Phi) is 7.45. The number of likely N-dealkylation sites (tertiary alicyclic amines) is 1. The second-order valence-electron chi connectivity index (χ2n) is 9.31. The maximum atomic E-state index is 14.1. The molecule has 6 atom stereocenters. The summed E-state index contributed by atoms with van der Waals surface area (Å²) in [5.74, 6) is -3.54. The molecule has 9 heteroatoms. The Balaban J connectivity index is 1.69. The number of hydrogen-bond acceptors (Lipinski definition) is 5. The fourth-order valence-corrected chi connectivity index (χ4v) is 6.81. The number of carbonyl (C=O) groups excluding carboxylic acids is 2. The molecule has 2 bridgehead atoms. The van der Waals surface area contributed by atoms with Crippen LogP contribution in [0, 0.1) is 11.8 Å². The second-order valence-corrected chi connectivity index (χ2v) is 10.5. The van der Waals surface area contributed by atoms with E-state index in [0.717, 1.165) is 5.56 Å². The molecule has 0 aliphatic carbocycles. The molecule has 0 aromatic heterocycles. The van der Waals surface area contributed by atoms with Crippen LogP contribution in [0.15, 0.2) is 43.0 Å². The summed E-state index contributed by atoms with van der Waals surface area (Å²) < 4.78 is 6.31. The van der Waals surface area contributed by atoms with Crippen molar-refractivity contribution in [3.8, 4) is 0 Å². The SMILES string of the molecule is C=CCN(Cc1ccccc1)C(=O)[C@@H]1N(CCCCCO)C(=O)[C@H]2[C@H](C(=O)O)[C@H]3O[C@@]12CC3Br. The molecule has 34 heavy (non-hydrogen) atoms. The first-order valence-electron chi connectivity index (χ1n) is 11.8. The molecule has 0 radical (unpaired) electrons. The molecular weight excluding hydrogens is 504 g/mol. The van der Waals surface area contributed by atoms with Gasteiger partial charge in [0.15, 0.2) is 0 Å². The molecule has 4 rings (SSSR count). The monoisotopic (exact) mass is 534 g/mol. The molecule has 8 nitrogen and oxygen atoms in total. The van der Waals surface area contributed by atoms with Crippen molar-refractivity contribution in [2.75, 3.05) is 19.7 Å². The molecule has 2 amide bonds. The van der Waals surface area contributed by atoms with E-state index < -0.39 is 35.6 Å². The number of hydrogen-bond donors (Lipinski definition) is 2. The number of alkyl halides is 1. The summed E-state index contributed by atoms with van der Waals surface area (Å²) in [6.07, 6.45) is 3.31. The quantitative estimate of drug-likeness (QED) is 0.256. The number of carbonyl (C=O) groups is 3. The zero-order valence-electron chi connectivity index (χ0n) is 19.0. The van der Waals surface area contributed by atoms with Gasteiger partial charge in [-0.2, -0.15) is 0 Å². The van der Waals surface area contributed by atoms with Gasteiger partial charge in [-0.3, -0.25) is 14.4 Å². The first-order chi connectivity index (χ1) is 16.4. The molecule has 3 heterocycles. The van der Waals surface area contributed by atoms with E-state index in [2.05, 4.69) is 22.5 Å². The molecular formula is C25H31BrN2O6. The number of unbranched alkanes of at least 4 members (excludes halogenated alkanes) is 2. The summed E-state index contributed by atoms with van der Waals surface area (Å²) in [5, 5.41) is 19.1. The third-order valence-corrected chi connectivity index (χ3v) is 8.09. The lowest BCUT2D eigenvalue weighted by Gasteiger charge is -2.37. The summed E-state index contributed by atoms with van der Waals surface area (Å²) in [5.41, 5.74) is -0.229. The second kappa shape index (κ2) is 10.2. The molecule has 1 aromatic rings. The first kappa shape index (κ1) is 24.9. The van der Waals surface area contributed by atoms with Crippen molar-refractivity contribution in [2.45, 2.75) is 54.8 Å². The zero-order chi connectivity index (χ0) is 24.5. The average Bonchev–Trinajstić information content (AvgIpc) is 3.40. The largest absolute Gasteiger partial charge is 0.481 e. The van der Waals surface area contributed by atoms with Crippen LogP contribution >= 0.6 is 15.9 Å². The Morgan fingerprint density at radius 2 is 2.00 bits per heavy atom. The van der Waals surface area contributed by atoms with Gasteiger partial charge in [0, 0.05) is 31.1 Å². The van der Waals surface area contributed by atoms with Crippen LogP contribution in [0.4, 0.5) is 0 Å². The van der Waals surface area contributed by atoms with Crippen molar-refractivity contribution < 1.29 is 29.3 Å². The first-order valence-corrected chi connectivity index (χ1v) is 12.7. The van der Waals surface area contributed by atoms with Gasteiger partial charge in [0.1, 0.15) is 11.6 Å². The lowest BCUT2D eigenvalue weighted by Crippen LogP contribution is -2.56. The third kappa shape index (κ3) is 4.18. The number of benzene rings is 1. The Morgan fingerprint density at radius 3 is 2.65 bits per heavy atom. The highest BCUT2D eigenvalue weighted by Crippen LogP contribution is 2.60. The van der Waals surface area contributed by atoms with Crippen molar-refractivity contribution in [1.82, 2.24) is 9.80 Å². The van der Waals surface area contributed by atoms with Crippen LogP contribution in [0.5, 0.6) is 0 Å². The van der Waals surface area contributed by atoms with Gasteiger partial charge in [-0.05, 0) is 31.2 Å². The van der Waals surface area contributed by atoms with Crippen LogP contribution in [0.3, 0.4) is 0 Å². The Morgan fingerprint density at radius 1 is 1.26 bits per heavy atom. The van der Waals surface area contributed by atoms with Crippen LogP contribution < -0.4 is 0 Å². The number of nitrogens with zero attached hydrogens (tertiary/aromatic N) is 2. The van der Waals surface area contributed by atoms with Crippen molar-refractivity contribution in [3.63, 3.8) is 0 Å². The highest BCUT2D eigenvalue weighted by atomic mass is 79.9. The summed E-state index contributed by atoms with van der Waals surface area (Å²) in [6.45, 7) is 4.81. The van der Waals surface area contributed by atoms with E-state index in [9.17, 15) is 19.5 Å². The number of carboxylic acid groups (broad SMARTS) is 1. The zero-order valence-corrected chi connectivity index (χ0v) is 20.6. The van der Waals surface area contributed by atoms with Gasteiger partial charge in [-0.25, -0.2) is 0 Å². The van der Waals surface area contributed by atoms with E-state index >= 15 is 0 Å². The summed E-state index contributed by atoms with van der Waals surface area (Å²) in [7, 11) is 0. The average molecular weight is 535 g/mol. The lowest BCUT2D eigenvalue weighted by atomic mass is 9.70. The molecule has 2 N–H and O–H groups in total. The topological polar surface area (TPSA) is 107 Å². The van der Waals surface area contributed by atoms with Gasteiger partial charge in [0.05, 0.1) is 17.9 Å². The van der Waals surface area contributed by atoms with E-state index in [-0.39, 0.29) is 23.2 Å². The van der Waals surface area contributed by atoms with E-state index in [1.807, 2.05) is 30.3 Å². The van der Waals surface area contributed by atoms with Gasteiger partial charge >= 0.3 is 5.97 Å². The fourth-order valence-electron chi connectivity index (χ4n) is 5.87. The molecule has 1 aromatic carbocycles. The number of amides is 2. The number of halogens is 1.